The largest absolute Gasteiger partial charge is 0.380 e. The van der Waals surface area contributed by atoms with Crippen LogP contribution in [0.15, 0.2) is 24.3 Å². The fourth-order valence-electron chi connectivity index (χ4n) is 3.17. The van der Waals surface area contributed by atoms with Gasteiger partial charge in [0.1, 0.15) is 0 Å². The monoisotopic (exact) mass is 290 g/mol. The lowest BCUT2D eigenvalue weighted by atomic mass is 9.79. The van der Waals surface area contributed by atoms with Gasteiger partial charge in [0.05, 0.1) is 6.61 Å². The molecule has 1 aromatic carbocycles. The number of carbonyl (C=O) groups excluding carboxylic acids is 1. The van der Waals surface area contributed by atoms with Crippen molar-refractivity contribution in [3.63, 3.8) is 0 Å². The van der Waals surface area contributed by atoms with Crippen LogP contribution in [0, 0.1) is 0 Å². The predicted octanol–water partition coefficient (Wildman–Crippen LogP) is 3.08. The summed E-state index contributed by atoms with van der Waals surface area (Å²) in [5, 5.41) is 6.43. The summed E-state index contributed by atoms with van der Waals surface area (Å²) in [7, 11) is 3.63. The lowest BCUT2D eigenvalue weighted by Crippen LogP contribution is -2.47. The smallest absolute Gasteiger partial charge is 0.226 e. The number of anilines is 1. The zero-order valence-corrected chi connectivity index (χ0v) is 13.1. The van der Waals surface area contributed by atoms with Crippen molar-refractivity contribution >= 4 is 11.6 Å². The highest BCUT2D eigenvalue weighted by molar-refractivity contribution is 5.92. The van der Waals surface area contributed by atoms with Crippen LogP contribution in [-0.4, -0.2) is 25.6 Å². The molecule has 0 radical (unpaired) electrons. The van der Waals surface area contributed by atoms with E-state index < -0.39 is 0 Å². The van der Waals surface area contributed by atoms with E-state index in [9.17, 15) is 4.79 Å². The Balaban J connectivity index is 2.01. The highest BCUT2D eigenvalue weighted by Crippen LogP contribution is 2.31. The van der Waals surface area contributed by atoms with Gasteiger partial charge in [-0.3, -0.25) is 4.79 Å². The summed E-state index contributed by atoms with van der Waals surface area (Å²) >= 11 is 0. The first-order chi connectivity index (χ1) is 10.2. The molecular formula is C17H26N2O2. The van der Waals surface area contributed by atoms with E-state index in [1.165, 1.54) is 19.3 Å². The lowest BCUT2D eigenvalue weighted by molar-refractivity contribution is -0.117. The number of hydrogen-bond donors (Lipinski definition) is 2. The van der Waals surface area contributed by atoms with Gasteiger partial charge in [-0.1, -0.05) is 37.5 Å². The van der Waals surface area contributed by atoms with E-state index in [1.807, 2.05) is 31.3 Å². The number of rotatable bonds is 6. The van der Waals surface area contributed by atoms with Gasteiger partial charge in [-0.05, 0) is 26.0 Å². The summed E-state index contributed by atoms with van der Waals surface area (Å²) in [4.78, 5) is 12.4. The summed E-state index contributed by atoms with van der Waals surface area (Å²) in [6.45, 7) is 0.508. The molecule has 0 saturated heterocycles. The molecule has 1 fully saturated rings. The maximum atomic E-state index is 12.4. The van der Waals surface area contributed by atoms with Gasteiger partial charge in [-0.2, -0.15) is 0 Å². The van der Waals surface area contributed by atoms with Crippen LogP contribution >= 0.6 is 0 Å². The first-order valence-electron chi connectivity index (χ1n) is 7.75. The molecule has 1 aliphatic carbocycles. The molecule has 0 aromatic heterocycles. The first-order valence-corrected chi connectivity index (χ1v) is 7.75. The summed E-state index contributed by atoms with van der Waals surface area (Å²) < 4.78 is 5.18. The molecular weight excluding hydrogens is 264 g/mol. The van der Waals surface area contributed by atoms with Crippen LogP contribution in [0.2, 0.25) is 0 Å². The van der Waals surface area contributed by atoms with Crippen molar-refractivity contribution in [1.82, 2.24) is 5.32 Å². The van der Waals surface area contributed by atoms with E-state index in [0.29, 0.717) is 13.0 Å². The Morgan fingerprint density at radius 1 is 1.24 bits per heavy atom. The van der Waals surface area contributed by atoms with Crippen LogP contribution in [0.1, 0.15) is 44.1 Å². The normalized spacial score (nSPS) is 17.4. The Bertz CT molecular complexity index is 468. The quantitative estimate of drug-likeness (QED) is 0.846. The van der Waals surface area contributed by atoms with Crippen LogP contribution in [0.25, 0.3) is 0 Å². The standard InChI is InChI=1S/C17H26N2O2/c1-18-17(10-6-3-7-11-17)12-16(20)19-15-9-5-4-8-14(15)13-21-2/h4-5,8-9,18H,3,6-7,10-13H2,1-2H3,(H,19,20). The van der Waals surface area contributed by atoms with E-state index in [2.05, 4.69) is 10.6 Å². The molecule has 0 atom stereocenters. The Morgan fingerprint density at radius 2 is 1.95 bits per heavy atom. The minimum Gasteiger partial charge on any atom is -0.380 e. The average molecular weight is 290 g/mol. The molecule has 21 heavy (non-hydrogen) atoms. The minimum atomic E-state index is -0.0292. The number of hydrogen-bond acceptors (Lipinski definition) is 3. The second-order valence-corrected chi connectivity index (χ2v) is 5.91. The molecule has 4 heteroatoms. The molecule has 2 rings (SSSR count). The second kappa shape index (κ2) is 7.57. The Kier molecular flexibility index (Phi) is 5.76. The van der Waals surface area contributed by atoms with E-state index in [1.54, 1.807) is 7.11 Å². The predicted molar refractivity (Wildman–Crippen MR) is 85.3 cm³/mol. The summed E-state index contributed by atoms with van der Waals surface area (Å²) in [6, 6.07) is 7.80. The molecule has 116 valence electrons. The molecule has 1 saturated carbocycles. The van der Waals surface area contributed by atoms with Crippen molar-refractivity contribution in [2.75, 3.05) is 19.5 Å². The van der Waals surface area contributed by atoms with E-state index in [-0.39, 0.29) is 11.4 Å². The fourth-order valence-corrected chi connectivity index (χ4v) is 3.17. The van der Waals surface area contributed by atoms with Gasteiger partial charge in [0.2, 0.25) is 5.91 Å². The van der Waals surface area contributed by atoms with Crippen molar-refractivity contribution in [3.05, 3.63) is 29.8 Å². The van der Waals surface area contributed by atoms with E-state index in [0.717, 1.165) is 24.1 Å². The molecule has 1 aliphatic rings. The number of ether oxygens (including phenoxy) is 1. The molecule has 1 aromatic rings. The first kappa shape index (κ1) is 16.0. The molecule has 2 N–H and O–H groups in total. The van der Waals surface area contributed by atoms with Crippen LogP contribution in [0.4, 0.5) is 5.69 Å². The van der Waals surface area contributed by atoms with Crippen LogP contribution in [0.3, 0.4) is 0 Å². The van der Waals surface area contributed by atoms with Crippen molar-refractivity contribution < 1.29 is 9.53 Å². The molecule has 0 spiro atoms. The van der Waals surface area contributed by atoms with Crippen molar-refractivity contribution in [1.29, 1.82) is 0 Å². The molecule has 1 amide bonds. The Hall–Kier alpha value is -1.39. The maximum absolute atomic E-state index is 12.4. The zero-order valence-electron chi connectivity index (χ0n) is 13.1. The molecule has 0 unspecified atom stereocenters. The fraction of sp³-hybridized carbons (Fsp3) is 0.588. The van der Waals surface area contributed by atoms with Crippen molar-refractivity contribution in [3.8, 4) is 0 Å². The number of amides is 1. The number of benzene rings is 1. The Labute approximate surface area is 127 Å². The molecule has 0 bridgehead atoms. The van der Waals surface area contributed by atoms with Crippen LogP contribution < -0.4 is 10.6 Å². The van der Waals surface area contributed by atoms with Crippen molar-refractivity contribution in [2.24, 2.45) is 0 Å². The van der Waals surface area contributed by atoms with E-state index >= 15 is 0 Å². The van der Waals surface area contributed by atoms with Gasteiger partial charge in [-0.15, -0.1) is 0 Å². The second-order valence-electron chi connectivity index (χ2n) is 5.91. The number of nitrogens with one attached hydrogen (secondary N) is 2. The van der Waals surface area contributed by atoms with Crippen LogP contribution in [0.5, 0.6) is 0 Å². The molecule has 0 heterocycles. The van der Waals surface area contributed by atoms with E-state index in [4.69, 9.17) is 4.74 Å². The summed E-state index contributed by atoms with van der Waals surface area (Å²) in [5.41, 5.74) is 1.83. The summed E-state index contributed by atoms with van der Waals surface area (Å²) in [6.07, 6.45) is 6.38. The highest BCUT2D eigenvalue weighted by Gasteiger charge is 2.32. The number of para-hydroxylation sites is 1. The van der Waals surface area contributed by atoms with Gasteiger partial charge in [0, 0.05) is 30.3 Å². The molecule has 0 aliphatic heterocycles. The van der Waals surface area contributed by atoms with Gasteiger partial charge in [0.15, 0.2) is 0 Å². The van der Waals surface area contributed by atoms with Crippen LogP contribution in [-0.2, 0) is 16.1 Å². The maximum Gasteiger partial charge on any atom is 0.226 e. The average Bonchev–Trinajstić information content (AvgIpc) is 2.50. The SMILES string of the molecule is CNC1(CC(=O)Nc2ccccc2COC)CCCCC1. The topological polar surface area (TPSA) is 50.4 Å². The van der Waals surface area contributed by atoms with Gasteiger partial charge < -0.3 is 15.4 Å². The number of methoxy groups -OCH3 is 1. The van der Waals surface area contributed by atoms with Crippen molar-refractivity contribution in [2.45, 2.75) is 50.7 Å². The van der Waals surface area contributed by atoms with Gasteiger partial charge in [0.25, 0.3) is 0 Å². The zero-order chi connectivity index (χ0) is 15.1. The molecule has 4 nitrogen and oxygen atoms in total. The highest BCUT2D eigenvalue weighted by atomic mass is 16.5. The third-order valence-corrected chi connectivity index (χ3v) is 4.43. The van der Waals surface area contributed by atoms with Gasteiger partial charge in [-0.25, -0.2) is 0 Å². The summed E-state index contributed by atoms with van der Waals surface area (Å²) in [5.74, 6) is 0.0785. The third-order valence-electron chi connectivity index (χ3n) is 4.43. The third kappa shape index (κ3) is 4.29. The minimum absolute atomic E-state index is 0.0292. The van der Waals surface area contributed by atoms with Gasteiger partial charge >= 0.3 is 0 Å². The Morgan fingerprint density at radius 3 is 2.62 bits per heavy atom. The number of carbonyl (C=O) groups is 1. The lowest BCUT2D eigenvalue weighted by Gasteiger charge is -2.36.